The maximum absolute atomic E-state index is 12.7. The third-order valence-corrected chi connectivity index (χ3v) is 4.00. The lowest BCUT2D eigenvalue weighted by molar-refractivity contribution is 0.0827. The van der Waals surface area contributed by atoms with Crippen LogP contribution in [0.25, 0.3) is 0 Å². The zero-order valence-electron chi connectivity index (χ0n) is 13.7. The SMILES string of the molecule is Cc1cc(N)ccc1N1C(=O)c2ccc(C(=O)N(C)C)cc2C1=O. The van der Waals surface area contributed by atoms with E-state index in [2.05, 4.69) is 0 Å². The van der Waals surface area contributed by atoms with Crippen LogP contribution in [-0.4, -0.2) is 36.7 Å². The molecule has 0 aromatic heterocycles. The van der Waals surface area contributed by atoms with Gasteiger partial charge in [0.05, 0.1) is 16.8 Å². The van der Waals surface area contributed by atoms with E-state index < -0.39 is 11.8 Å². The van der Waals surface area contributed by atoms with Crippen LogP contribution >= 0.6 is 0 Å². The van der Waals surface area contributed by atoms with Gasteiger partial charge in [-0.25, -0.2) is 4.90 Å². The second kappa shape index (κ2) is 5.49. The number of aryl methyl sites for hydroxylation is 1. The monoisotopic (exact) mass is 323 g/mol. The van der Waals surface area contributed by atoms with Crippen LogP contribution in [0.15, 0.2) is 36.4 Å². The van der Waals surface area contributed by atoms with Crippen LogP contribution in [0.1, 0.15) is 36.6 Å². The van der Waals surface area contributed by atoms with Crippen molar-refractivity contribution in [1.82, 2.24) is 4.90 Å². The van der Waals surface area contributed by atoms with E-state index in [0.717, 1.165) is 10.5 Å². The van der Waals surface area contributed by atoms with E-state index >= 15 is 0 Å². The molecule has 1 aliphatic rings. The van der Waals surface area contributed by atoms with Crippen LogP contribution in [0.2, 0.25) is 0 Å². The normalized spacial score (nSPS) is 13.2. The topological polar surface area (TPSA) is 83.7 Å². The average Bonchev–Trinajstić information content (AvgIpc) is 2.78. The number of benzene rings is 2. The summed E-state index contributed by atoms with van der Waals surface area (Å²) in [6.07, 6.45) is 0. The van der Waals surface area contributed by atoms with Crippen LogP contribution < -0.4 is 10.6 Å². The third kappa shape index (κ3) is 2.32. The molecule has 0 saturated heterocycles. The Kier molecular flexibility index (Phi) is 3.60. The van der Waals surface area contributed by atoms with Gasteiger partial charge in [0.25, 0.3) is 17.7 Å². The molecule has 0 fully saturated rings. The van der Waals surface area contributed by atoms with E-state index in [0.29, 0.717) is 22.5 Å². The van der Waals surface area contributed by atoms with Gasteiger partial charge in [0.1, 0.15) is 0 Å². The highest BCUT2D eigenvalue weighted by Gasteiger charge is 2.37. The van der Waals surface area contributed by atoms with Crippen molar-refractivity contribution in [2.75, 3.05) is 24.7 Å². The number of amides is 3. The lowest BCUT2D eigenvalue weighted by Crippen LogP contribution is -2.30. The quantitative estimate of drug-likeness (QED) is 0.677. The van der Waals surface area contributed by atoms with Crippen molar-refractivity contribution < 1.29 is 14.4 Å². The molecule has 2 aromatic rings. The number of rotatable bonds is 2. The molecule has 2 aromatic carbocycles. The lowest BCUT2D eigenvalue weighted by Gasteiger charge is -2.16. The van der Waals surface area contributed by atoms with E-state index in [1.807, 2.05) is 0 Å². The van der Waals surface area contributed by atoms with Gasteiger partial charge in [-0.05, 0) is 48.9 Å². The van der Waals surface area contributed by atoms with E-state index in [1.165, 1.54) is 17.0 Å². The van der Waals surface area contributed by atoms with Crippen LogP contribution in [0.3, 0.4) is 0 Å². The molecule has 0 spiro atoms. The van der Waals surface area contributed by atoms with Gasteiger partial charge in [-0.15, -0.1) is 0 Å². The minimum atomic E-state index is -0.434. The van der Waals surface area contributed by atoms with Crippen LogP contribution in [-0.2, 0) is 0 Å². The number of anilines is 2. The largest absolute Gasteiger partial charge is 0.399 e. The van der Waals surface area contributed by atoms with Crippen molar-refractivity contribution in [2.24, 2.45) is 0 Å². The Balaban J connectivity index is 2.07. The number of imide groups is 1. The number of nitrogen functional groups attached to an aromatic ring is 1. The second-order valence-corrected chi connectivity index (χ2v) is 5.95. The Morgan fingerprint density at radius 1 is 1.00 bits per heavy atom. The Morgan fingerprint density at radius 3 is 2.29 bits per heavy atom. The van der Waals surface area contributed by atoms with E-state index in [-0.39, 0.29) is 11.5 Å². The predicted molar refractivity (Wildman–Crippen MR) is 91.2 cm³/mol. The number of hydrogen-bond donors (Lipinski definition) is 1. The molecule has 6 heteroatoms. The van der Waals surface area contributed by atoms with Gasteiger partial charge in [-0.3, -0.25) is 14.4 Å². The number of fused-ring (bicyclic) bond motifs is 1. The molecule has 0 aliphatic carbocycles. The van der Waals surface area contributed by atoms with Gasteiger partial charge in [0, 0.05) is 25.3 Å². The second-order valence-electron chi connectivity index (χ2n) is 5.95. The molecule has 0 saturated carbocycles. The molecule has 6 nitrogen and oxygen atoms in total. The third-order valence-electron chi connectivity index (χ3n) is 4.00. The zero-order valence-corrected chi connectivity index (χ0v) is 13.7. The Morgan fingerprint density at radius 2 is 1.67 bits per heavy atom. The molecule has 122 valence electrons. The van der Waals surface area contributed by atoms with Crippen LogP contribution in [0.5, 0.6) is 0 Å². The highest BCUT2D eigenvalue weighted by Crippen LogP contribution is 2.32. The van der Waals surface area contributed by atoms with Crippen LogP contribution in [0, 0.1) is 6.92 Å². The first-order chi connectivity index (χ1) is 11.3. The number of nitrogens with zero attached hydrogens (tertiary/aromatic N) is 2. The summed E-state index contributed by atoms with van der Waals surface area (Å²) in [4.78, 5) is 40.0. The number of hydrogen-bond acceptors (Lipinski definition) is 4. The van der Waals surface area contributed by atoms with E-state index in [4.69, 9.17) is 5.73 Å². The highest BCUT2D eigenvalue weighted by atomic mass is 16.2. The smallest absolute Gasteiger partial charge is 0.266 e. The fourth-order valence-electron chi connectivity index (χ4n) is 2.78. The highest BCUT2D eigenvalue weighted by molar-refractivity contribution is 6.35. The van der Waals surface area contributed by atoms with Gasteiger partial charge >= 0.3 is 0 Å². The first-order valence-electron chi connectivity index (χ1n) is 7.42. The minimum absolute atomic E-state index is 0.222. The number of carbonyl (C=O) groups is 3. The summed E-state index contributed by atoms with van der Waals surface area (Å²) in [5.41, 5.74) is 8.43. The summed E-state index contributed by atoms with van der Waals surface area (Å²) in [7, 11) is 3.26. The number of nitrogens with two attached hydrogens (primary N) is 1. The lowest BCUT2D eigenvalue weighted by atomic mass is 10.1. The van der Waals surface area contributed by atoms with Crippen molar-refractivity contribution in [3.8, 4) is 0 Å². The first-order valence-corrected chi connectivity index (χ1v) is 7.42. The van der Waals surface area contributed by atoms with Gasteiger partial charge in [-0.2, -0.15) is 0 Å². The maximum Gasteiger partial charge on any atom is 0.266 e. The van der Waals surface area contributed by atoms with E-state index in [9.17, 15) is 14.4 Å². The summed E-state index contributed by atoms with van der Waals surface area (Å²) in [5, 5.41) is 0. The molecule has 3 rings (SSSR count). The molecule has 0 radical (unpaired) electrons. The summed E-state index contributed by atoms with van der Waals surface area (Å²) < 4.78 is 0. The summed E-state index contributed by atoms with van der Waals surface area (Å²) in [5.74, 6) is -1.05. The Hall–Kier alpha value is -3.15. The molecule has 1 heterocycles. The Bertz CT molecular complexity index is 887. The van der Waals surface area contributed by atoms with Crippen molar-refractivity contribution >= 4 is 29.1 Å². The first kappa shape index (κ1) is 15.7. The summed E-state index contributed by atoms with van der Waals surface area (Å²) >= 11 is 0. The molecule has 0 bridgehead atoms. The van der Waals surface area contributed by atoms with Crippen molar-refractivity contribution in [1.29, 1.82) is 0 Å². The molecule has 1 aliphatic heterocycles. The zero-order chi connectivity index (χ0) is 17.6. The molecular formula is C18H17N3O3. The van der Waals surface area contributed by atoms with Gasteiger partial charge in [-0.1, -0.05) is 0 Å². The fourth-order valence-corrected chi connectivity index (χ4v) is 2.78. The van der Waals surface area contributed by atoms with Crippen molar-refractivity contribution in [3.63, 3.8) is 0 Å². The molecule has 0 atom stereocenters. The summed E-state index contributed by atoms with van der Waals surface area (Å²) in [6.45, 7) is 1.79. The van der Waals surface area contributed by atoms with E-state index in [1.54, 1.807) is 45.3 Å². The van der Waals surface area contributed by atoms with Crippen molar-refractivity contribution in [3.05, 3.63) is 58.7 Å². The predicted octanol–water partition coefficient (Wildman–Crippen LogP) is 2.08. The summed E-state index contributed by atoms with van der Waals surface area (Å²) in [6, 6.07) is 9.57. The molecule has 3 amide bonds. The minimum Gasteiger partial charge on any atom is -0.399 e. The standard InChI is InChI=1S/C18H17N3O3/c1-10-8-12(19)5-7-15(10)21-17(23)13-6-4-11(16(22)20(2)3)9-14(13)18(21)24/h4-9H,19H2,1-3H3. The Labute approximate surface area is 139 Å². The van der Waals surface area contributed by atoms with Gasteiger partial charge < -0.3 is 10.6 Å². The van der Waals surface area contributed by atoms with Gasteiger partial charge in [0.15, 0.2) is 0 Å². The molecule has 2 N–H and O–H groups in total. The fraction of sp³-hybridized carbons (Fsp3) is 0.167. The maximum atomic E-state index is 12.7. The molecular weight excluding hydrogens is 306 g/mol. The van der Waals surface area contributed by atoms with Gasteiger partial charge in [0.2, 0.25) is 0 Å². The number of carbonyl (C=O) groups excluding carboxylic acids is 3. The average molecular weight is 323 g/mol. The van der Waals surface area contributed by atoms with Crippen LogP contribution in [0.4, 0.5) is 11.4 Å². The van der Waals surface area contributed by atoms with Crippen molar-refractivity contribution in [2.45, 2.75) is 6.92 Å². The molecule has 24 heavy (non-hydrogen) atoms. The molecule has 0 unspecified atom stereocenters.